The van der Waals surface area contributed by atoms with Crippen LogP contribution in [0.2, 0.25) is 0 Å². The standard InChI is InChI=1S/C33H53N7O10/c1-7-8-9-25(37-30(44)24(35)16-21-10-12-22(13-11-21)40(48)49)31(45)36-20(6)28(42)38-26(15-19(4)5)32(46)50-33(47)27(17-41)39-29(43)23(34)14-18(2)3/h10-13,18-20,23-27,41H,7-9,14-17,34-35H2,1-6H3,(H,36,45)(H,37,44)(H,38,42)(H,39,43)/t20-,23-,24-,25-,26-,27-/m0/s1. The van der Waals surface area contributed by atoms with Crippen molar-refractivity contribution in [2.45, 2.75) is 116 Å². The van der Waals surface area contributed by atoms with Gasteiger partial charge in [0.1, 0.15) is 18.1 Å². The number of nitrogens with two attached hydrogens (primary N) is 2. The van der Waals surface area contributed by atoms with E-state index in [0.717, 1.165) is 0 Å². The molecular formula is C33H53N7O10. The number of aliphatic hydroxyl groups is 1. The van der Waals surface area contributed by atoms with E-state index in [-0.39, 0.29) is 36.8 Å². The Morgan fingerprint density at radius 3 is 1.80 bits per heavy atom. The van der Waals surface area contributed by atoms with Gasteiger partial charge in [-0.2, -0.15) is 0 Å². The Kier molecular flexibility index (Phi) is 18.8. The molecule has 0 heterocycles. The average molecular weight is 708 g/mol. The number of carbonyl (C=O) groups is 6. The molecule has 0 unspecified atom stereocenters. The molecule has 6 atom stereocenters. The van der Waals surface area contributed by atoms with Gasteiger partial charge in [-0.3, -0.25) is 29.3 Å². The molecule has 280 valence electrons. The number of nitro groups is 1. The third kappa shape index (κ3) is 15.4. The molecule has 0 saturated carbocycles. The molecule has 0 aromatic heterocycles. The Hall–Kier alpha value is -4.48. The van der Waals surface area contributed by atoms with Crippen LogP contribution in [0.1, 0.15) is 79.2 Å². The second kappa shape index (κ2) is 21.6. The van der Waals surface area contributed by atoms with Crippen LogP contribution in [-0.4, -0.2) is 88.5 Å². The van der Waals surface area contributed by atoms with E-state index >= 15 is 0 Å². The minimum absolute atomic E-state index is 0.0514. The normalized spacial score (nSPS) is 14.8. The highest BCUT2D eigenvalue weighted by Gasteiger charge is 2.33. The maximum atomic E-state index is 13.2. The number of carbonyl (C=O) groups excluding carboxylic acids is 6. The van der Waals surface area contributed by atoms with E-state index in [1.54, 1.807) is 13.8 Å². The van der Waals surface area contributed by atoms with Gasteiger partial charge in [-0.15, -0.1) is 0 Å². The van der Waals surface area contributed by atoms with E-state index in [0.29, 0.717) is 24.8 Å². The van der Waals surface area contributed by atoms with Crippen molar-refractivity contribution < 1.29 is 43.5 Å². The number of hydrogen-bond acceptors (Lipinski definition) is 12. The van der Waals surface area contributed by atoms with Crippen LogP contribution in [0.25, 0.3) is 0 Å². The van der Waals surface area contributed by atoms with Crippen molar-refractivity contribution in [3.8, 4) is 0 Å². The molecule has 17 heteroatoms. The van der Waals surface area contributed by atoms with Crippen LogP contribution >= 0.6 is 0 Å². The molecule has 0 aliphatic heterocycles. The zero-order chi connectivity index (χ0) is 38.1. The van der Waals surface area contributed by atoms with Crippen LogP contribution in [0.3, 0.4) is 0 Å². The van der Waals surface area contributed by atoms with Gasteiger partial charge in [-0.05, 0) is 50.0 Å². The molecule has 1 aromatic rings. The number of nitro benzene ring substituents is 1. The van der Waals surface area contributed by atoms with Gasteiger partial charge in [0, 0.05) is 12.1 Å². The lowest BCUT2D eigenvalue weighted by molar-refractivity contribution is -0.384. The molecule has 0 aliphatic rings. The van der Waals surface area contributed by atoms with Crippen LogP contribution in [0.4, 0.5) is 5.69 Å². The smallest absolute Gasteiger partial charge is 0.338 e. The lowest BCUT2D eigenvalue weighted by Gasteiger charge is -2.25. The Balaban J connectivity index is 2.90. The molecular weight excluding hydrogens is 654 g/mol. The van der Waals surface area contributed by atoms with Gasteiger partial charge in [-0.25, -0.2) is 9.59 Å². The molecule has 0 aliphatic carbocycles. The number of benzene rings is 1. The van der Waals surface area contributed by atoms with Crippen molar-refractivity contribution in [3.63, 3.8) is 0 Å². The first-order valence-corrected chi connectivity index (χ1v) is 16.7. The lowest BCUT2D eigenvalue weighted by Crippen LogP contribution is -2.57. The summed E-state index contributed by atoms with van der Waals surface area (Å²) in [6.07, 6.45) is 1.92. The number of non-ortho nitro benzene ring substituents is 1. The Morgan fingerprint density at radius 2 is 1.28 bits per heavy atom. The summed E-state index contributed by atoms with van der Waals surface area (Å²) in [5.74, 6) is -5.25. The quantitative estimate of drug-likeness (QED) is 0.0388. The maximum Gasteiger partial charge on any atom is 0.338 e. The SMILES string of the molecule is CCCC[C@H](NC(=O)[C@@H](N)Cc1ccc([N+](=O)[O-])cc1)C(=O)N[C@@H](C)C(=O)N[C@@H](CC(C)C)C(=O)OC(=O)[C@H](CO)NC(=O)[C@@H](N)CC(C)C. The van der Waals surface area contributed by atoms with Crippen molar-refractivity contribution in [2.24, 2.45) is 23.3 Å². The van der Waals surface area contributed by atoms with Crippen molar-refractivity contribution in [1.29, 1.82) is 0 Å². The topological polar surface area (TPSA) is 275 Å². The predicted octanol–water partition coefficient (Wildman–Crippen LogP) is 0.0955. The van der Waals surface area contributed by atoms with Crippen LogP contribution in [0.5, 0.6) is 0 Å². The molecule has 0 spiro atoms. The molecule has 1 rings (SSSR count). The summed E-state index contributed by atoms with van der Waals surface area (Å²) < 4.78 is 4.91. The summed E-state index contributed by atoms with van der Waals surface area (Å²) in [6, 6.07) is -1.60. The number of nitrogens with one attached hydrogen (secondary N) is 4. The molecule has 0 bridgehead atoms. The monoisotopic (exact) mass is 707 g/mol. The fourth-order valence-corrected chi connectivity index (χ4v) is 4.73. The maximum absolute atomic E-state index is 13.2. The predicted molar refractivity (Wildman–Crippen MR) is 183 cm³/mol. The highest BCUT2D eigenvalue weighted by molar-refractivity contribution is 5.97. The van der Waals surface area contributed by atoms with Crippen molar-refractivity contribution in [2.75, 3.05) is 6.61 Å². The molecule has 0 radical (unpaired) electrons. The highest BCUT2D eigenvalue weighted by atomic mass is 16.6. The van der Waals surface area contributed by atoms with Gasteiger partial charge in [-0.1, -0.05) is 59.6 Å². The zero-order valence-electron chi connectivity index (χ0n) is 29.6. The van der Waals surface area contributed by atoms with E-state index in [1.165, 1.54) is 31.2 Å². The Morgan fingerprint density at radius 1 is 0.760 bits per heavy atom. The van der Waals surface area contributed by atoms with Crippen molar-refractivity contribution >= 4 is 41.3 Å². The minimum Gasteiger partial charge on any atom is -0.394 e. The largest absolute Gasteiger partial charge is 0.394 e. The second-order valence-corrected chi connectivity index (χ2v) is 13.1. The van der Waals surface area contributed by atoms with Gasteiger partial charge < -0.3 is 42.6 Å². The molecule has 0 saturated heterocycles. The van der Waals surface area contributed by atoms with Gasteiger partial charge in [0.05, 0.1) is 23.6 Å². The molecule has 1 aromatic carbocycles. The first-order chi connectivity index (χ1) is 23.4. The molecule has 0 fully saturated rings. The summed E-state index contributed by atoms with van der Waals surface area (Å²) in [4.78, 5) is 87.6. The van der Waals surface area contributed by atoms with E-state index in [9.17, 15) is 44.0 Å². The minimum atomic E-state index is -1.57. The fourth-order valence-electron chi connectivity index (χ4n) is 4.73. The van der Waals surface area contributed by atoms with Gasteiger partial charge in [0.15, 0.2) is 6.04 Å². The van der Waals surface area contributed by atoms with E-state index in [4.69, 9.17) is 16.2 Å². The molecule has 50 heavy (non-hydrogen) atoms. The Bertz CT molecular complexity index is 1320. The number of rotatable bonds is 21. The van der Waals surface area contributed by atoms with E-state index < -0.39 is 83.3 Å². The van der Waals surface area contributed by atoms with Crippen LogP contribution < -0.4 is 32.7 Å². The number of ether oxygens (including phenoxy) is 1. The second-order valence-electron chi connectivity index (χ2n) is 13.1. The summed E-state index contributed by atoms with van der Waals surface area (Å²) in [5.41, 5.74) is 12.4. The summed E-state index contributed by atoms with van der Waals surface area (Å²) in [6.45, 7) is 9.63. The van der Waals surface area contributed by atoms with E-state index in [1.807, 2.05) is 20.8 Å². The summed E-state index contributed by atoms with van der Waals surface area (Å²) in [5, 5.41) is 30.4. The lowest BCUT2D eigenvalue weighted by atomic mass is 10.0. The summed E-state index contributed by atoms with van der Waals surface area (Å²) in [7, 11) is 0. The number of nitrogens with zero attached hydrogens (tertiary/aromatic N) is 1. The Labute approximate surface area is 292 Å². The van der Waals surface area contributed by atoms with Crippen molar-refractivity contribution in [1.82, 2.24) is 21.3 Å². The number of hydrogen-bond donors (Lipinski definition) is 7. The third-order valence-corrected chi connectivity index (χ3v) is 7.53. The van der Waals surface area contributed by atoms with Gasteiger partial charge in [0.25, 0.3) is 5.69 Å². The number of amides is 4. The highest BCUT2D eigenvalue weighted by Crippen LogP contribution is 2.14. The fraction of sp³-hybridized carbons (Fsp3) is 0.636. The van der Waals surface area contributed by atoms with Crippen LogP contribution in [0.15, 0.2) is 24.3 Å². The average Bonchev–Trinajstić information content (AvgIpc) is 3.04. The van der Waals surface area contributed by atoms with Crippen LogP contribution in [-0.2, 0) is 39.9 Å². The van der Waals surface area contributed by atoms with Gasteiger partial charge >= 0.3 is 11.9 Å². The van der Waals surface area contributed by atoms with Crippen molar-refractivity contribution in [3.05, 3.63) is 39.9 Å². The number of esters is 2. The molecule has 4 amide bonds. The number of unbranched alkanes of at least 4 members (excludes halogenated alkanes) is 1. The molecule has 9 N–H and O–H groups in total. The zero-order valence-corrected chi connectivity index (χ0v) is 29.6. The number of aliphatic hydroxyl groups excluding tert-OH is 1. The molecule has 17 nitrogen and oxygen atoms in total. The third-order valence-electron chi connectivity index (χ3n) is 7.53. The van der Waals surface area contributed by atoms with Crippen LogP contribution in [0, 0.1) is 22.0 Å². The van der Waals surface area contributed by atoms with E-state index in [2.05, 4.69) is 21.3 Å². The summed E-state index contributed by atoms with van der Waals surface area (Å²) >= 11 is 0. The first kappa shape index (κ1) is 43.5. The first-order valence-electron chi connectivity index (χ1n) is 16.7. The van der Waals surface area contributed by atoms with Gasteiger partial charge in [0.2, 0.25) is 23.6 Å².